The molecule has 8 heteroatoms. The maximum Gasteiger partial charge on any atom is 0.391 e. The molecule has 1 saturated heterocycles. The van der Waals surface area contributed by atoms with Gasteiger partial charge in [0.1, 0.15) is 0 Å². The fourth-order valence-corrected chi connectivity index (χ4v) is 4.50. The van der Waals surface area contributed by atoms with Crippen LogP contribution >= 0.6 is 11.3 Å². The number of alkyl halides is 3. The molecule has 0 unspecified atom stereocenters. The molecular weight excluding hydrogens is 351 g/mol. The average Bonchev–Trinajstić information content (AvgIpc) is 2.99. The minimum atomic E-state index is -4.08. The van der Waals surface area contributed by atoms with Gasteiger partial charge in [0, 0.05) is 44.2 Å². The van der Waals surface area contributed by atoms with Crippen molar-refractivity contribution in [2.75, 3.05) is 31.1 Å². The lowest BCUT2D eigenvalue weighted by molar-refractivity contribution is -0.184. The van der Waals surface area contributed by atoms with Crippen LogP contribution in [0.15, 0.2) is 11.6 Å². The molecule has 0 radical (unpaired) electrons. The maximum atomic E-state index is 12.7. The summed E-state index contributed by atoms with van der Waals surface area (Å²) in [6.45, 7) is 3.03. The summed E-state index contributed by atoms with van der Waals surface area (Å²) < 4.78 is 38.2. The number of thiazole rings is 1. The van der Waals surface area contributed by atoms with E-state index >= 15 is 0 Å². The number of hydrogen-bond acceptors (Lipinski definition) is 4. The smallest absolute Gasteiger partial charge is 0.346 e. The molecule has 1 saturated carbocycles. The summed E-state index contributed by atoms with van der Waals surface area (Å²) in [5.41, 5.74) is 0. The quantitative estimate of drug-likeness (QED) is 0.803. The van der Waals surface area contributed by atoms with E-state index in [1.165, 1.54) is 0 Å². The molecule has 0 aromatic carbocycles. The minimum Gasteiger partial charge on any atom is -0.346 e. The largest absolute Gasteiger partial charge is 0.391 e. The van der Waals surface area contributed by atoms with Gasteiger partial charge in [0.25, 0.3) is 0 Å². The lowest BCUT2D eigenvalue weighted by Gasteiger charge is -2.31. The van der Waals surface area contributed by atoms with Gasteiger partial charge in [0.05, 0.1) is 5.92 Å². The number of nitrogens with zero attached hydrogens (tertiary/aromatic N) is 3. The van der Waals surface area contributed by atoms with Crippen molar-refractivity contribution < 1.29 is 18.0 Å². The van der Waals surface area contributed by atoms with Crippen LogP contribution in [0.5, 0.6) is 0 Å². The maximum absolute atomic E-state index is 12.7. The van der Waals surface area contributed by atoms with Crippen molar-refractivity contribution in [1.29, 1.82) is 0 Å². The molecule has 1 aromatic heterocycles. The fourth-order valence-electron chi connectivity index (χ4n) is 3.80. The Balaban J connectivity index is 1.46. The summed E-state index contributed by atoms with van der Waals surface area (Å²) in [6.07, 6.45) is 0.334. The van der Waals surface area contributed by atoms with Gasteiger partial charge in [0.2, 0.25) is 5.91 Å². The molecule has 4 nitrogen and oxygen atoms in total. The third-order valence-corrected chi connectivity index (χ3v) is 6.14. The zero-order chi connectivity index (χ0) is 17.9. The van der Waals surface area contributed by atoms with E-state index in [0.717, 1.165) is 31.2 Å². The molecule has 140 valence electrons. The van der Waals surface area contributed by atoms with Crippen LogP contribution in [0.1, 0.15) is 38.5 Å². The van der Waals surface area contributed by atoms with E-state index in [0.29, 0.717) is 25.8 Å². The van der Waals surface area contributed by atoms with Crippen molar-refractivity contribution in [2.45, 2.75) is 44.7 Å². The van der Waals surface area contributed by atoms with Crippen LogP contribution in [0.2, 0.25) is 0 Å². The normalized spacial score (nSPS) is 25.7. The molecule has 0 bridgehead atoms. The summed E-state index contributed by atoms with van der Waals surface area (Å²) >= 11 is 1.60. The predicted molar refractivity (Wildman–Crippen MR) is 91.6 cm³/mol. The molecule has 1 aromatic rings. The molecule has 1 aliphatic heterocycles. The summed E-state index contributed by atoms with van der Waals surface area (Å²) in [7, 11) is 0. The first-order valence-corrected chi connectivity index (χ1v) is 9.80. The van der Waals surface area contributed by atoms with Crippen molar-refractivity contribution in [3.8, 4) is 0 Å². The SMILES string of the molecule is O=C(CC1CCC(C(F)(F)F)CC1)N1CCCN(c2nccs2)CC1. The number of rotatable bonds is 3. The summed E-state index contributed by atoms with van der Waals surface area (Å²) in [5, 5.41) is 2.93. The standard InChI is InChI=1S/C17H24F3N3OS/c18-17(19,20)14-4-2-13(3-5-14)12-15(24)22-7-1-8-23(10-9-22)16-21-6-11-25-16/h6,11,13-14H,1-5,7-10,12H2. The van der Waals surface area contributed by atoms with Crippen molar-refractivity contribution in [3.63, 3.8) is 0 Å². The summed E-state index contributed by atoms with van der Waals surface area (Å²) in [6, 6.07) is 0. The molecule has 0 spiro atoms. The van der Waals surface area contributed by atoms with Gasteiger partial charge in [-0.05, 0) is 38.0 Å². The van der Waals surface area contributed by atoms with Gasteiger partial charge in [-0.2, -0.15) is 13.2 Å². The molecule has 25 heavy (non-hydrogen) atoms. The van der Waals surface area contributed by atoms with Gasteiger partial charge in [-0.1, -0.05) is 0 Å². The highest BCUT2D eigenvalue weighted by atomic mass is 32.1. The minimum absolute atomic E-state index is 0.0939. The summed E-state index contributed by atoms with van der Waals surface area (Å²) in [5.74, 6) is -0.982. The lowest BCUT2D eigenvalue weighted by Crippen LogP contribution is -2.37. The van der Waals surface area contributed by atoms with E-state index in [1.807, 2.05) is 10.3 Å². The molecule has 3 rings (SSSR count). The Kier molecular flexibility index (Phi) is 5.86. The number of anilines is 1. The van der Waals surface area contributed by atoms with Crippen LogP contribution in [0.25, 0.3) is 0 Å². The number of hydrogen-bond donors (Lipinski definition) is 0. The average molecular weight is 375 g/mol. The number of amides is 1. The van der Waals surface area contributed by atoms with E-state index < -0.39 is 12.1 Å². The number of aromatic nitrogens is 1. The third-order valence-electron chi connectivity index (χ3n) is 5.31. The Hall–Kier alpha value is -1.31. The van der Waals surface area contributed by atoms with Gasteiger partial charge in [-0.3, -0.25) is 4.79 Å². The topological polar surface area (TPSA) is 36.4 Å². The van der Waals surface area contributed by atoms with Crippen molar-refractivity contribution >= 4 is 22.4 Å². The van der Waals surface area contributed by atoms with Gasteiger partial charge in [-0.15, -0.1) is 11.3 Å². The molecule has 2 fully saturated rings. The molecule has 1 amide bonds. The van der Waals surface area contributed by atoms with E-state index in [-0.39, 0.29) is 24.7 Å². The van der Waals surface area contributed by atoms with E-state index in [1.54, 1.807) is 17.5 Å². The van der Waals surface area contributed by atoms with Gasteiger partial charge in [0.15, 0.2) is 5.13 Å². The number of halogens is 3. The van der Waals surface area contributed by atoms with Crippen LogP contribution in [0.3, 0.4) is 0 Å². The van der Waals surface area contributed by atoms with Crippen molar-refractivity contribution in [1.82, 2.24) is 9.88 Å². The Bertz CT molecular complexity index is 556. The zero-order valence-electron chi connectivity index (χ0n) is 14.2. The second-order valence-electron chi connectivity index (χ2n) is 7.00. The van der Waals surface area contributed by atoms with E-state index in [9.17, 15) is 18.0 Å². The van der Waals surface area contributed by atoms with E-state index in [2.05, 4.69) is 9.88 Å². The molecule has 1 aliphatic carbocycles. The monoisotopic (exact) mass is 375 g/mol. The van der Waals surface area contributed by atoms with Gasteiger partial charge >= 0.3 is 6.18 Å². The summed E-state index contributed by atoms with van der Waals surface area (Å²) in [4.78, 5) is 21.0. The first kappa shape index (κ1) is 18.5. The second kappa shape index (κ2) is 7.93. The third kappa shape index (κ3) is 4.86. The molecule has 2 heterocycles. The molecule has 0 atom stereocenters. The highest BCUT2D eigenvalue weighted by molar-refractivity contribution is 7.13. The van der Waals surface area contributed by atoms with Gasteiger partial charge in [-0.25, -0.2) is 4.98 Å². The van der Waals surface area contributed by atoms with Crippen LogP contribution in [0, 0.1) is 11.8 Å². The van der Waals surface area contributed by atoms with Crippen LogP contribution in [0.4, 0.5) is 18.3 Å². The number of carbonyl (C=O) groups excluding carboxylic acids is 1. The fraction of sp³-hybridized carbons (Fsp3) is 0.765. The zero-order valence-corrected chi connectivity index (χ0v) is 15.0. The van der Waals surface area contributed by atoms with Gasteiger partial charge < -0.3 is 9.80 Å². The predicted octanol–water partition coefficient (Wildman–Crippen LogP) is 3.94. The molecular formula is C17H24F3N3OS. The van der Waals surface area contributed by atoms with Crippen molar-refractivity contribution in [3.05, 3.63) is 11.6 Å². The van der Waals surface area contributed by atoms with Crippen molar-refractivity contribution in [2.24, 2.45) is 11.8 Å². The highest BCUT2D eigenvalue weighted by Crippen LogP contribution is 2.40. The Labute approximate surface area is 150 Å². The lowest BCUT2D eigenvalue weighted by atomic mass is 9.80. The molecule has 0 N–H and O–H groups in total. The highest BCUT2D eigenvalue weighted by Gasteiger charge is 2.41. The molecule has 2 aliphatic rings. The first-order valence-electron chi connectivity index (χ1n) is 8.92. The van der Waals surface area contributed by atoms with E-state index in [4.69, 9.17) is 0 Å². The van der Waals surface area contributed by atoms with Crippen LogP contribution in [-0.2, 0) is 4.79 Å². The Morgan fingerprint density at radius 1 is 1.16 bits per heavy atom. The second-order valence-corrected chi connectivity index (χ2v) is 7.87. The van der Waals surface area contributed by atoms with Crippen LogP contribution in [-0.4, -0.2) is 48.1 Å². The Morgan fingerprint density at radius 3 is 2.56 bits per heavy atom. The number of carbonyl (C=O) groups is 1. The Morgan fingerprint density at radius 2 is 1.92 bits per heavy atom. The first-order chi connectivity index (χ1) is 11.9. The van der Waals surface area contributed by atoms with Crippen LogP contribution < -0.4 is 4.90 Å².